The van der Waals surface area contributed by atoms with Crippen LogP contribution in [0.25, 0.3) is 0 Å². The standard InChI is InChI=1S/C8H7BrN2O4/c1-2-15-8(12)7-6(9)3-5(4-10-7)11(13)14/h3-4H,2H2,1H3. The molecule has 1 heterocycles. The van der Waals surface area contributed by atoms with Gasteiger partial charge in [0.15, 0.2) is 5.69 Å². The second kappa shape index (κ2) is 4.83. The SMILES string of the molecule is CCOC(=O)c1ncc([N+](=O)[O-])cc1Br. The third-order valence-corrected chi connectivity index (χ3v) is 2.11. The molecule has 1 rings (SSSR count). The lowest BCUT2D eigenvalue weighted by atomic mass is 10.3. The van der Waals surface area contributed by atoms with Crippen molar-refractivity contribution < 1.29 is 14.5 Å². The topological polar surface area (TPSA) is 82.3 Å². The number of rotatable bonds is 3. The lowest BCUT2D eigenvalue weighted by molar-refractivity contribution is -0.385. The number of pyridine rings is 1. The molecule has 0 aliphatic heterocycles. The van der Waals surface area contributed by atoms with Gasteiger partial charge in [0.1, 0.15) is 6.20 Å². The van der Waals surface area contributed by atoms with E-state index in [0.717, 1.165) is 6.20 Å². The molecular formula is C8H7BrN2O4. The van der Waals surface area contributed by atoms with Crippen LogP contribution in [0.5, 0.6) is 0 Å². The van der Waals surface area contributed by atoms with Gasteiger partial charge in [-0.2, -0.15) is 0 Å². The minimum Gasteiger partial charge on any atom is -0.461 e. The second-order valence-electron chi connectivity index (χ2n) is 2.50. The Balaban J connectivity index is 3.03. The van der Waals surface area contributed by atoms with Gasteiger partial charge in [-0.25, -0.2) is 9.78 Å². The number of nitro groups is 1. The number of halogens is 1. The van der Waals surface area contributed by atoms with Gasteiger partial charge in [-0.05, 0) is 22.9 Å². The molecule has 7 heteroatoms. The van der Waals surface area contributed by atoms with E-state index in [1.54, 1.807) is 6.92 Å². The highest BCUT2D eigenvalue weighted by Gasteiger charge is 2.16. The highest BCUT2D eigenvalue weighted by Crippen LogP contribution is 2.21. The molecule has 6 nitrogen and oxygen atoms in total. The second-order valence-corrected chi connectivity index (χ2v) is 3.36. The maximum Gasteiger partial charge on any atom is 0.358 e. The minimum absolute atomic E-state index is 0.0300. The molecule has 0 radical (unpaired) electrons. The molecule has 0 unspecified atom stereocenters. The highest BCUT2D eigenvalue weighted by molar-refractivity contribution is 9.10. The number of esters is 1. The fourth-order valence-corrected chi connectivity index (χ4v) is 1.38. The molecule has 0 aliphatic carbocycles. The molecule has 0 saturated heterocycles. The van der Waals surface area contributed by atoms with Gasteiger partial charge in [0.25, 0.3) is 5.69 Å². The van der Waals surface area contributed by atoms with Crippen LogP contribution in [-0.4, -0.2) is 22.5 Å². The van der Waals surface area contributed by atoms with Crippen LogP contribution >= 0.6 is 15.9 Å². The van der Waals surface area contributed by atoms with E-state index in [0.29, 0.717) is 0 Å². The van der Waals surface area contributed by atoms with Crippen molar-refractivity contribution in [1.82, 2.24) is 4.98 Å². The molecule has 1 aromatic heterocycles. The first-order valence-corrected chi connectivity index (χ1v) is 4.82. The van der Waals surface area contributed by atoms with E-state index >= 15 is 0 Å². The number of carbonyl (C=O) groups is 1. The first kappa shape index (κ1) is 11.6. The summed E-state index contributed by atoms with van der Waals surface area (Å²) in [7, 11) is 0. The van der Waals surface area contributed by atoms with E-state index in [9.17, 15) is 14.9 Å². The van der Waals surface area contributed by atoms with Crippen molar-refractivity contribution in [2.75, 3.05) is 6.61 Å². The van der Waals surface area contributed by atoms with Gasteiger partial charge in [0.05, 0.1) is 16.0 Å². The number of hydrogen-bond acceptors (Lipinski definition) is 5. The molecule has 1 aromatic rings. The Labute approximate surface area is 93.5 Å². The summed E-state index contributed by atoms with van der Waals surface area (Å²) in [5.74, 6) is -0.612. The third kappa shape index (κ3) is 2.72. The van der Waals surface area contributed by atoms with Crippen molar-refractivity contribution >= 4 is 27.6 Å². The molecule has 0 atom stereocenters. The van der Waals surface area contributed by atoms with Gasteiger partial charge in [-0.15, -0.1) is 0 Å². The van der Waals surface area contributed by atoms with E-state index in [4.69, 9.17) is 4.74 Å². The number of hydrogen-bond donors (Lipinski definition) is 0. The van der Waals surface area contributed by atoms with Gasteiger partial charge >= 0.3 is 5.97 Å². The fraction of sp³-hybridized carbons (Fsp3) is 0.250. The van der Waals surface area contributed by atoms with Crippen molar-refractivity contribution in [2.24, 2.45) is 0 Å². The van der Waals surface area contributed by atoms with Crippen LogP contribution < -0.4 is 0 Å². The summed E-state index contributed by atoms with van der Waals surface area (Å²) in [6, 6.07) is 1.21. The summed E-state index contributed by atoms with van der Waals surface area (Å²) < 4.78 is 4.95. The predicted molar refractivity (Wildman–Crippen MR) is 54.5 cm³/mol. The Morgan fingerprint density at radius 2 is 2.40 bits per heavy atom. The van der Waals surface area contributed by atoms with Crippen molar-refractivity contribution in [2.45, 2.75) is 6.92 Å². The Kier molecular flexibility index (Phi) is 3.73. The molecule has 80 valence electrons. The zero-order chi connectivity index (χ0) is 11.4. The maximum absolute atomic E-state index is 11.3. The molecule has 15 heavy (non-hydrogen) atoms. The molecular weight excluding hydrogens is 268 g/mol. The summed E-state index contributed by atoms with van der Waals surface area (Å²) in [4.78, 5) is 24.7. The van der Waals surface area contributed by atoms with Gasteiger partial charge in [-0.3, -0.25) is 10.1 Å². The minimum atomic E-state index is -0.612. The smallest absolute Gasteiger partial charge is 0.358 e. The van der Waals surface area contributed by atoms with Crippen LogP contribution in [0.1, 0.15) is 17.4 Å². The zero-order valence-corrected chi connectivity index (χ0v) is 9.35. The van der Waals surface area contributed by atoms with E-state index in [1.807, 2.05) is 0 Å². The van der Waals surface area contributed by atoms with E-state index in [2.05, 4.69) is 20.9 Å². The number of ether oxygens (including phenoxy) is 1. The van der Waals surface area contributed by atoms with Crippen molar-refractivity contribution in [3.05, 3.63) is 32.5 Å². The zero-order valence-electron chi connectivity index (χ0n) is 7.77. The lowest BCUT2D eigenvalue weighted by Gasteiger charge is -2.02. The Morgan fingerprint density at radius 1 is 1.73 bits per heavy atom. The van der Waals surface area contributed by atoms with Crippen LogP contribution in [0.2, 0.25) is 0 Å². The van der Waals surface area contributed by atoms with Gasteiger partial charge in [-0.1, -0.05) is 0 Å². The fourth-order valence-electron chi connectivity index (χ4n) is 0.877. The Bertz CT molecular complexity index is 408. The average molecular weight is 275 g/mol. The lowest BCUT2D eigenvalue weighted by Crippen LogP contribution is -2.08. The van der Waals surface area contributed by atoms with Crippen LogP contribution in [0.3, 0.4) is 0 Å². The van der Waals surface area contributed by atoms with Gasteiger partial charge in [0.2, 0.25) is 0 Å². The van der Waals surface area contributed by atoms with E-state index in [-0.39, 0.29) is 22.5 Å². The summed E-state index contributed by atoms with van der Waals surface area (Å²) in [5, 5.41) is 10.4. The highest BCUT2D eigenvalue weighted by atomic mass is 79.9. The molecule has 0 N–H and O–H groups in total. The molecule has 0 aliphatic rings. The Morgan fingerprint density at radius 3 is 2.87 bits per heavy atom. The first-order valence-electron chi connectivity index (χ1n) is 4.03. The quantitative estimate of drug-likeness (QED) is 0.478. The predicted octanol–water partition coefficient (Wildman–Crippen LogP) is 1.93. The normalized spacial score (nSPS) is 9.73. The first-order chi connectivity index (χ1) is 7.06. The monoisotopic (exact) mass is 274 g/mol. The van der Waals surface area contributed by atoms with Crippen molar-refractivity contribution in [3.8, 4) is 0 Å². The van der Waals surface area contributed by atoms with E-state index < -0.39 is 10.9 Å². The van der Waals surface area contributed by atoms with Crippen LogP contribution in [0.4, 0.5) is 5.69 Å². The average Bonchev–Trinajstić information content (AvgIpc) is 2.17. The Hall–Kier alpha value is -1.50. The molecule has 0 spiro atoms. The van der Waals surface area contributed by atoms with Crippen molar-refractivity contribution in [3.63, 3.8) is 0 Å². The molecule has 0 aromatic carbocycles. The molecule has 0 saturated carbocycles. The molecule has 0 amide bonds. The number of carbonyl (C=O) groups excluding carboxylic acids is 1. The van der Waals surface area contributed by atoms with Gasteiger partial charge < -0.3 is 4.74 Å². The van der Waals surface area contributed by atoms with E-state index in [1.165, 1.54) is 6.07 Å². The maximum atomic E-state index is 11.3. The third-order valence-electron chi connectivity index (χ3n) is 1.51. The van der Waals surface area contributed by atoms with Crippen LogP contribution in [-0.2, 0) is 4.74 Å². The molecule has 0 fully saturated rings. The largest absolute Gasteiger partial charge is 0.461 e. The summed E-state index contributed by atoms with van der Waals surface area (Å²) in [5.41, 5.74) is -0.155. The number of nitrogens with zero attached hydrogens (tertiary/aromatic N) is 2. The van der Waals surface area contributed by atoms with Gasteiger partial charge in [0, 0.05) is 6.07 Å². The summed E-state index contributed by atoms with van der Waals surface area (Å²) in [6.45, 7) is 1.89. The van der Waals surface area contributed by atoms with Crippen LogP contribution in [0.15, 0.2) is 16.7 Å². The molecule has 0 bridgehead atoms. The van der Waals surface area contributed by atoms with Crippen LogP contribution in [0, 0.1) is 10.1 Å². The summed E-state index contributed by atoms with van der Waals surface area (Å²) >= 11 is 3.02. The summed E-state index contributed by atoms with van der Waals surface area (Å²) in [6.07, 6.45) is 1.01. The number of aromatic nitrogens is 1. The van der Waals surface area contributed by atoms with Crippen molar-refractivity contribution in [1.29, 1.82) is 0 Å².